The molecule has 0 radical (unpaired) electrons. The van der Waals surface area contributed by atoms with Gasteiger partial charge in [0.25, 0.3) is 0 Å². The molecule has 4 N–H and O–H groups in total. The quantitative estimate of drug-likeness (QED) is 0.388. The first-order valence-corrected chi connectivity index (χ1v) is 4.38. The Hall–Kier alpha value is -0.650. The highest BCUT2D eigenvalue weighted by atomic mass is 16.4. The van der Waals surface area contributed by atoms with Gasteiger partial charge < -0.3 is 20.8 Å². The minimum atomic E-state index is -1.02. The van der Waals surface area contributed by atoms with E-state index in [-0.39, 0.29) is 6.61 Å². The molecule has 5 heteroatoms. The van der Waals surface area contributed by atoms with Crippen molar-refractivity contribution in [3.63, 3.8) is 0 Å². The van der Waals surface area contributed by atoms with Crippen LogP contribution in [0.3, 0.4) is 0 Å². The smallest absolute Gasteiger partial charge is 0.323 e. The number of nitrogens with one attached hydrogen (secondary N) is 2. The summed E-state index contributed by atoms with van der Waals surface area (Å²) < 4.78 is 0. The minimum Gasteiger partial charge on any atom is -0.480 e. The Morgan fingerprint density at radius 2 is 1.85 bits per heavy atom. The molecule has 78 valence electrons. The Labute approximate surface area is 78.1 Å². The Morgan fingerprint density at radius 3 is 2.23 bits per heavy atom. The molecule has 0 aliphatic heterocycles. The second-order valence-corrected chi connectivity index (χ2v) is 3.14. The van der Waals surface area contributed by atoms with E-state index in [1.165, 1.54) is 0 Å². The summed E-state index contributed by atoms with van der Waals surface area (Å²) in [6.07, 6.45) is 0. The van der Waals surface area contributed by atoms with E-state index in [4.69, 9.17) is 10.2 Å². The first-order chi connectivity index (χ1) is 6.07. The van der Waals surface area contributed by atoms with Crippen LogP contribution in [0.25, 0.3) is 0 Å². The van der Waals surface area contributed by atoms with Gasteiger partial charge >= 0.3 is 5.97 Å². The number of carboxylic acid groups (broad SMARTS) is 1. The van der Waals surface area contributed by atoms with Crippen molar-refractivity contribution in [2.45, 2.75) is 25.9 Å². The zero-order valence-corrected chi connectivity index (χ0v) is 8.08. The van der Waals surface area contributed by atoms with Gasteiger partial charge in [-0.2, -0.15) is 0 Å². The van der Waals surface area contributed by atoms with Crippen molar-refractivity contribution in [1.29, 1.82) is 0 Å². The van der Waals surface area contributed by atoms with Gasteiger partial charge in [0.1, 0.15) is 6.04 Å². The zero-order chi connectivity index (χ0) is 10.3. The van der Waals surface area contributed by atoms with Crippen molar-refractivity contribution in [2.75, 3.05) is 19.7 Å². The van der Waals surface area contributed by atoms with Crippen LogP contribution in [0.4, 0.5) is 0 Å². The highest BCUT2D eigenvalue weighted by Gasteiger charge is 2.13. The van der Waals surface area contributed by atoms with Gasteiger partial charge in [-0.1, -0.05) is 13.8 Å². The number of hydrogen-bond donors (Lipinski definition) is 4. The summed E-state index contributed by atoms with van der Waals surface area (Å²) in [5.41, 5.74) is 0. The van der Waals surface area contributed by atoms with Crippen molar-refractivity contribution < 1.29 is 15.0 Å². The standard InChI is InChI=1S/C8H18N2O3/c1-6(2)9-3-4-10-7(5-11)8(12)13/h6-7,9-11H,3-5H2,1-2H3,(H,12,13)/t7-/m1/s1. The fourth-order valence-electron chi connectivity index (χ4n) is 0.837. The third kappa shape index (κ3) is 6.51. The molecule has 0 saturated heterocycles. The molecule has 0 bridgehead atoms. The van der Waals surface area contributed by atoms with Crippen molar-refractivity contribution >= 4 is 5.97 Å². The molecule has 0 aromatic carbocycles. The zero-order valence-electron chi connectivity index (χ0n) is 8.08. The molecule has 0 saturated carbocycles. The molecule has 0 aliphatic carbocycles. The van der Waals surface area contributed by atoms with Crippen LogP contribution in [0.2, 0.25) is 0 Å². The van der Waals surface area contributed by atoms with Gasteiger partial charge in [0.2, 0.25) is 0 Å². The second kappa shape index (κ2) is 6.82. The predicted molar refractivity (Wildman–Crippen MR) is 49.7 cm³/mol. The fraction of sp³-hybridized carbons (Fsp3) is 0.875. The highest BCUT2D eigenvalue weighted by molar-refractivity contribution is 5.73. The molecule has 0 heterocycles. The van der Waals surface area contributed by atoms with E-state index in [0.717, 1.165) is 0 Å². The van der Waals surface area contributed by atoms with Crippen LogP contribution in [0.5, 0.6) is 0 Å². The van der Waals surface area contributed by atoms with Gasteiger partial charge in [-0.3, -0.25) is 4.79 Å². The molecule has 0 amide bonds. The van der Waals surface area contributed by atoms with Crippen LogP contribution in [-0.4, -0.2) is 48.0 Å². The van der Waals surface area contributed by atoms with Gasteiger partial charge in [-0.05, 0) is 0 Å². The molecule has 0 rings (SSSR count). The van der Waals surface area contributed by atoms with Crippen LogP contribution in [0, 0.1) is 0 Å². The minimum absolute atomic E-state index is 0.378. The molecule has 0 aromatic rings. The first kappa shape index (κ1) is 12.3. The Kier molecular flexibility index (Phi) is 6.48. The number of aliphatic hydroxyl groups is 1. The van der Waals surface area contributed by atoms with Crippen LogP contribution in [0.1, 0.15) is 13.8 Å². The third-order valence-corrected chi connectivity index (χ3v) is 1.55. The van der Waals surface area contributed by atoms with E-state index in [0.29, 0.717) is 19.1 Å². The van der Waals surface area contributed by atoms with Gasteiger partial charge in [0, 0.05) is 19.1 Å². The van der Waals surface area contributed by atoms with Crippen LogP contribution >= 0.6 is 0 Å². The Morgan fingerprint density at radius 1 is 1.31 bits per heavy atom. The average molecular weight is 190 g/mol. The van der Waals surface area contributed by atoms with Gasteiger partial charge in [0.05, 0.1) is 6.61 Å². The maximum Gasteiger partial charge on any atom is 0.323 e. The number of rotatable bonds is 7. The van der Waals surface area contributed by atoms with E-state index in [1.54, 1.807) is 0 Å². The van der Waals surface area contributed by atoms with E-state index < -0.39 is 12.0 Å². The van der Waals surface area contributed by atoms with Gasteiger partial charge in [-0.15, -0.1) is 0 Å². The van der Waals surface area contributed by atoms with E-state index in [1.807, 2.05) is 13.8 Å². The van der Waals surface area contributed by atoms with Crippen LogP contribution in [-0.2, 0) is 4.79 Å². The Balaban J connectivity index is 3.44. The number of hydrogen-bond acceptors (Lipinski definition) is 4. The highest BCUT2D eigenvalue weighted by Crippen LogP contribution is 1.81. The lowest BCUT2D eigenvalue weighted by Gasteiger charge is -2.12. The van der Waals surface area contributed by atoms with Crippen LogP contribution < -0.4 is 10.6 Å². The molecule has 0 spiro atoms. The second-order valence-electron chi connectivity index (χ2n) is 3.14. The van der Waals surface area contributed by atoms with Crippen molar-refractivity contribution in [1.82, 2.24) is 10.6 Å². The molecular weight excluding hydrogens is 172 g/mol. The first-order valence-electron chi connectivity index (χ1n) is 4.38. The number of aliphatic carboxylic acids is 1. The van der Waals surface area contributed by atoms with Crippen molar-refractivity contribution in [3.8, 4) is 0 Å². The summed E-state index contributed by atoms with van der Waals surface area (Å²) in [5, 5.41) is 23.0. The largest absolute Gasteiger partial charge is 0.480 e. The molecular formula is C8H18N2O3. The summed E-state index contributed by atoms with van der Waals surface area (Å²) >= 11 is 0. The number of aliphatic hydroxyl groups excluding tert-OH is 1. The topological polar surface area (TPSA) is 81.6 Å². The van der Waals surface area contributed by atoms with Gasteiger partial charge in [-0.25, -0.2) is 0 Å². The molecule has 5 nitrogen and oxygen atoms in total. The SMILES string of the molecule is CC(C)NCCN[C@H](CO)C(=O)O. The van der Waals surface area contributed by atoms with Gasteiger partial charge in [0.15, 0.2) is 0 Å². The predicted octanol–water partition coefficient (Wildman–Crippen LogP) is -0.980. The molecule has 0 unspecified atom stereocenters. The maximum absolute atomic E-state index is 10.4. The van der Waals surface area contributed by atoms with Crippen LogP contribution in [0.15, 0.2) is 0 Å². The lowest BCUT2D eigenvalue weighted by atomic mass is 10.3. The van der Waals surface area contributed by atoms with E-state index >= 15 is 0 Å². The van der Waals surface area contributed by atoms with Crippen molar-refractivity contribution in [2.24, 2.45) is 0 Å². The Bertz CT molecular complexity index is 150. The fourth-order valence-corrected chi connectivity index (χ4v) is 0.837. The normalized spacial score (nSPS) is 13.2. The monoisotopic (exact) mass is 190 g/mol. The van der Waals surface area contributed by atoms with Crippen molar-refractivity contribution in [3.05, 3.63) is 0 Å². The number of carbonyl (C=O) groups is 1. The molecule has 0 fully saturated rings. The summed E-state index contributed by atoms with van der Waals surface area (Å²) in [5.74, 6) is -1.02. The summed E-state index contributed by atoms with van der Waals surface area (Å²) in [7, 11) is 0. The lowest BCUT2D eigenvalue weighted by molar-refractivity contribution is -0.140. The summed E-state index contributed by atoms with van der Waals surface area (Å²) in [6.45, 7) is 4.88. The average Bonchev–Trinajstić information content (AvgIpc) is 2.03. The van der Waals surface area contributed by atoms with E-state index in [2.05, 4.69) is 10.6 Å². The molecule has 0 aliphatic rings. The molecule has 1 atom stereocenters. The third-order valence-electron chi connectivity index (χ3n) is 1.55. The lowest BCUT2D eigenvalue weighted by Crippen LogP contribution is -2.43. The summed E-state index contributed by atoms with van der Waals surface area (Å²) in [4.78, 5) is 10.4. The number of carboxylic acids is 1. The van der Waals surface area contributed by atoms with E-state index in [9.17, 15) is 4.79 Å². The molecule has 13 heavy (non-hydrogen) atoms. The summed E-state index contributed by atoms with van der Waals surface area (Å²) in [6, 6.07) is -0.465. The maximum atomic E-state index is 10.4. The molecule has 0 aromatic heterocycles.